The number of anilines is 1. The molecular formula is C24H25ClF3N7O3. The maximum Gasteiger partial charge on any atom is 0.418 e. The monoisotopic (exact) mass is 551 g/mol. The summed E-state index contributed by atoms with van der Waals surface area (Å²) in [5.41, 5.74) is -0.848. The molecular weight excluding hydrogens is 527 g/mol. The Bertz CT molecular complexity index is 1280. The Morgan fingerprint density at radius 1 is 1.16 bits per heavy atom. The zero-order valence-electron chi connectivity index (χ0n) is 20.7. The van der Waals surface area contributed by atoms with Crippen LogP contribution in [-0.4, -0.2) is 51.0 Å². The fourth-order valence-electron chi connectivity index (χ4n) is 2.79. The topological polar surface area (TPSA) is 138 Å². The van der Waals surface area contributed by atoms with Gasteiger partial charge in [-0.15, -0.1) is 0 Å². The van der Waals surface area contributed by atoms with Gasteiger partial charge in [0.1, 0.15) is 23.5 Å². The number of carbonyl (C=O) groups is 3. The summed E-state index contributed by atoms with van der Waals surface area (Å²) in [6, 6.07) is 1.18. The molecule has 0 radical (unpaired) electrons. The van der Waals surface area contributed by atoms with Crippen molar-refractivity contribution in [2.45, 2.75) is 39.4 Å². The largest absolute Gasteiger partial charge is 0.418 e. The normalized spacial score (nSPS) is 12.9. The first-order valence-corrected chi connectivity index (χ1v) is 11.6. The van der Waals surface area contributed by atoms with Crippen LogP contribution in [0.25, 0.3) is 0 Å². The molecule has 2 rings (SSSR count). The van der Waals surface area contributed by atoms with Crippen LogP contribution in [0.5, 0.6) is 0 Å². The van der Waals surface area contributed by atoms with Crippen molar-refractivity contribution in [1.29, 1.82) is 0 Å². The highest BCUT2D eigenvalue weighted by Crippen LogP contribution is 2.35. The van der Waals surface area contributed by atoms with Gasteiger partial charge in [-0.3, -0.25) is 19.4 Å². The van der Waals surface area contributed by atoms with Crippen molar-refractivity contribution in [3.05, 3.63) is 71.1 Å². The second-order valence-electron chi connectivity index (χ2n) is 7.81. The summed E-state index contributed by atoms with van der Waals surface area (Å²) < 4.78 is 39.1. The molecule has 3 N–H and O–H groups in total. The highest BCUT2D eigenvalue weighted by Gasteiger charge is 2.34. The number of aromatic nitrogens is 3. The molecule has 38 heavy (non-hydrogen) atoms. The first-order valence-electron chi connectivity index (χ1n) is 11.2. The zero-order chi connectivity index (χ0) is 28.5. The number of alkyl halides is 3. The van der Waals surface area contributed by atoms with Crippen LogP contribution in [0.1, 0.15) is 53.7 Å². The third-order valence-corrected chi connectivity index (χ3v) is 5.14. The third-order valence-electron chi connectivity index (χ3n) is 4.84. The number of hydrogen-bond acceptors (Lipinski definition) is 7. The lowest BCUT2D eigenvalue weighted by molar-refractivity contribution is -0.137. The van der Waals surface area contributed by atoms with Gasteiger partial charge in [-0.25, -0.2) is 15.0 Å². The van der Waals surface area contributed by atoms with Crippen molar-refractivity contribution in [3.8, 4) is 0 Å². The van der Waals surface area contributed by atoms with Crippen LogP contribution in [0.3, 0.4) is 0 Å². The van der Waals surface area contributed by atoms with Crippen molar-refractivity contribution in [1.82, 2.24) is 25.6 Å². The van der Waals surface area contributed by atoms with E-state index in [1.807, 2.05) is 6.92 Å². The molecule has 1 atom stereocenters. The van der Waals surface area contributed by atoms with Crippen LogP contribution in [0.4, 0.5) is 19.0 Å². The van der Waals surface area contributed by atoms with Gasteiger partial charge < -0.3 is 16.0 Å². The Morgan fingerprint density at radius 3 is 2.42 bits per heavy atom. The molecule has 0 aliphatic rings. The second kappa shape index (κ2) is 13.4. The average Bonchev–Trinajstić information content (AvgIpc) is 2.87. The minimum absolute atomic E-state index is 0.0333. The summed E-state index contributed by atoms with van der Waals surface area (Å²) in [7, 11) is 0. The summed E-state index contributed by atoms with van der Waals surface area (Å²) in [6.45, 7) is 8.98. The standard InChI is InChI=1S/C24H25ClF3N7O3/c1-5-7-29-22(37)18-9-19(33-12-32-18)23(38)34-14(4)17(6-2)30-10-13(3)21(36)35-20-8-15(24(26,27)28)16(25)11-31-20/h6,8-12,14H,2,5,7H2,1,3-4H3,(H,29,37)(H,34,38)(H,31,35,36)/b13-10+,30-17+. The average molecular weight is 552 g/mol. The number of hydrogen-bond donors (Lipinski definition) is 3. The smallest absolute Gasteiger partial charge is 0.351 e. The van der Waals surface area contributed by atoms with Gasteiger partial charge in [-0.05, 0) is 32.4 Å². The molecule has 0 spiro atoms. The fourth-order valence-corrected chi connectivity index (χ4v) is 3.00. The number of nitrogens with zero attached hydrogens (tertiary/aromatic N) is 4. The van der Waals surface area contributed by atoms with Gasteiger partial charge in [-0.2, -0.15) is 13.2 Å². The van der Waals surface area contributed by atoms with Gasteiger partial charge >= 0.3 is 6.18 Å². The van der Waals surface area contributed by atoms with Crippen molar-refractivity contribution in [2.75, 3.05) is 11.9 Å². The van der Waals surface area contributed by atoms with Crippen LogP contribution in [0, 0.1) is 0 Å². The van der Waals surface area contributed by atoms with Crippen molar-refractivity contribution in [3.63, 3.8) is 0 Å². The van der Waals surface area contributed by atoms with E-state index in [9.17, 15) is 27.6 Å². The number of nitrogens with one attached hydrogen (secondary N) is 3. The highest BCUT2D eigenvalue weighted by molar-refractivity contribution is 6.31. The summed E-state index contributed by atoms with van der Waals surface area (Å²) in [5, 5.41) is 6.95. The van der Waals surface area contributed by atoms with E-state index in [1.54, 1.807) is 6.92 Å². The van der Waals surface area contributed by atoms with E-state index in [2.05, 4.69) is 42.5 Å². The summed E-state index contributed by atoms with van der Waals surface area (Å²) >= 11 is 5.54. The molecule has 0 aromatic carbocycles. The molecule has 0 saturated heterocycles. The fraction of sp³-hybridized carbons (Fsp3) is 0.292. The number of amides is 3. The first kappa shape index (κ1) is 30.1. The van der Waals surface area contributed by atoms with E-state index in [1.165, 1.54) is 19.1 Å². The minimum atomic E-state index is -4.72. The van der Waals surface area contributed by atoms with Crippen LogP contribution >= 0.6 is 11.6 Å². The molecule has 10 nitrogen and oxygen atoms in total. The van der Waals surface area contributed by atoms with Crippen LogP contribution < -0.4 is 16.0 Å². The number of carbonyl (C=O) groups excluding carboxylic acids is 3. The van der Waals surface area contributed by atoms with Crippen molar-refractivity contribution < 1.29 is 27.6 Å². The van der Waals surface area contributed by atoms with Gasteiger partial charge in [0.25, 0.3) is 17.7 Å². The molecule has 0 aliphatic heterocycles. The molecule has 0 saturated carbocycles. The molecule has 2 aromatic heterocycles. The molecule has 14 heteroatoms. The molecule has 202 valence electrons. The quantitative estimate of drug-likeness (QED) is 0.302. The van der Waals surface area contributed by atoms with Crippen molar-refractivity contribution >= 4 is 40.9 Å². The summed E-state index contributed by atoms with van der Waals surface area (Å²) in [6.07, 6.45) is 0.417. The van der Waals surface area contributed by atoms with E-state index in [0.29, 0.717) is 12.6 Å². The number of aliphatic imine (C=N–C) groups is 1. The van der Waals surface area contributed by atoms with Gasteiger partial charge in [0.15, 0.2) is 0 Å². The lowest BCUT2D eigenvalue weighted by Gasteiger charge is -2.14. The lowest BCUT2D eigenvalue weighted by atomic mass is 10.2. The van der Waals surface area contributed by atoms with E-state index in [4.69, 9.17) is 11.6 Å². The molecule has 0 aliphatic carbocycles. The Hall–Kier alpha value is -4.13. The summed E-state index contributed by atoms with van der Waals surface area (Å²) in [4.78, 5) is 52.7. The lowest BCUT2D eigenvalue weighted by Crippen LogP contribution is -2.38. The maximum absolute atomic E-state index is 13.0. The van der Waals surface area contributed by atoms with E-state index in [0.717, 1.165) is 25.1 Å². The van der Waals surface area contributed by atoms with Gasteiger partial charge in [0.05, 0.1) is 22.3 Å². The Morgan fingerprint density at radius 2 is 1.82 bits per heavy atom. The van der Waals surface area contributed by atoms with Gasteiger partial charge in [0, 0.05) is 30.6 Å². The third kappa shape index (κ3) is 8.47. The second-order valence-corrected chi connectivity index (χ2v) is 8.22. The number of rotatable bonds is 10. The van der Waals surface area contributed by atoms with E-state index < -0.39 is 40.5 Å². The van der Waals surface area contributed by atoms with E-state index in [-0.39, 0.29) is 28.5 Å². The SMILES string of the molecule is C=C/C(=N\C=C(/C)C(=O)Nc1cc(C(F)(F)F)c(Cl)cn1)C(C)NC(=O)c1cc(C(=O)NCCC)ncn1. The maximum atomic E-state index is 13.0. The van der Waals surface area contributed by atoms with Crippen LogP contribution in [0.15, 0.2) is 54.1 Å². The molecule has 0 bridgehead atoms. The minimum Gasteiger partial charge on any atom is -0.351 e. The predicted octanol–water partition coefficient (Wildman–Crippen LogP) is 3.97. The molecule has 3 amide bonds. The molecule has 1 unspecified atom stereocenters. The Kier molecular flexibility index (Phi) is 10.6. The molecule has 2 aromatic rings. The van der Waals surface area contributed by atoms with E-state index >= 15 is 0 Å². The van der Waals surface area contributed by atoms with Crippen LogP contribution in [0.2, 0.25) is 5.02 Å². The zero-order valence-corrected chi connectivity index (χ0v) is 21.4. The number of halogens is 4. The molecule has 0 fully saturated rings. The number of pyridine rings is 1. The van der Waals surface area contributed by atoms with Gasteiger partial charge in [-0.1, -0.05) is 25.1 Å². The Balaban J connectivity index is 2.10. The first-order chi connectivity index (χ1) is 17.9. The highest BCUT2D eigenvalue weighted by atomic mass is 35.5. The predicted molar refractivity (Wildman–Crippen MR) is 136 cm³/mol. The Labute approximate surface area is 221 Å². The molecule has 2 heterocycles. The van der Waals surface area contributed by atoms with Crippen molar-refractivity contribution in [2.24, 2.45) is 4.99 Å². The van der Waals surface area contributed by atoms with Gasteiger partial charge in [0.2, 0.25) is 0 Å². The van der Waals surface area contributed by atoms with Crippen LogP contribution in [-0.2, 0) is 11.0 Å². The summed E-state index contributed by atoms with van der Waals surface area (Å²) in [5.74, 6) is -2.15.